The number of nitrogens with one attached hydrogen (secondary N) is 1. The van der Waals surface area contributed by atoms with Gasteiger partial charge in [0.1, 0.15) is 5.00 Å². The minimum absolute atomic E-state index is 0.616. The van der Waals surface area contributed by atoms with Crippen molar-refractivity contribution >= 4 is 27.4 Å². The molecule has 0 amide bonds. The average molecular weight is 260 g/mol. The van der Waals surface area contributed by atoms with Crippen LogP contribution in [0.25, 0.3) is 10.9 Å². The zero-order valence-corrected chi connectivity index (χ0v) is 11.8. The molecule has 0 spiro atoms. The van der Waals surface area contributed by atoms with Crippen LogP contribution in [0.2, 0.25) is 0 Å². The van der Waals surface area contributed by atoms with E-state index in [0.717, 1.165) is 17.4 Å². The predicted molar refractivity (Wildman–Crippen MR) is 79.2 cm³/mol. The fourth-order valence-corrected chi connectivity index (χ4v) is 3.87. The van der Waals surface area contributed by atoms with Crippen LogP contribution in [0.4, 0.5) is 5.00 Å². The molecular formula is C15H20N2S. The molecule has 1 aromatic heterocycles. The molecule has 1 aliphatic carbocycles. The van der Waals surface area contributed by atoms with E-state index in [9.17, 15) is 0 Å². The van der Waals surface area contributed by atoms with Gasteiger partial charge in [0, 0.05) is 11.4 Å². The maximum absolute atomic E-state index is 4.50. The molecule has 2 aromatic rings. The van der Waals surface area contributed by atoms with Gasteiger partial charge < -0.3 is 5.32 Å². The van der Waals surface area contributed by atoms with Crippen molar-refractivity contribution in [2.45, 2.75) is 39.2 Å². The first-order valence-corrected chi connectivity index (χ1v) is 7.62. The monoisotopic (exact) mass is 260 g/mol. The lowest BCUT2D eigenvalue weighted by molar-refractivity contribution is 0.277. The Hall–Kier alpha value is -1.09. The fourth-order valence-electron chi connectivity index (χ4n) is 3.04. The van der Waals surface area contributed by atoms with E-state index in [4.69, 9.17) is 0 Å². The van der Waals surface area contributed by atoms with Crippen molar-refractivity contribution in [3.05, 3.63) is 24.3 Å². The number of nitrogens with zero attached hydrogens (tertiary/aromatic N) is 1. The van der Waals surface area contributed by atoms with Crippen LogP contribution in [-0.4, -0.2) is 10.4 Å². The lowest BCUT2D eigenvalue weighted by Crippen LogP contribution is -2.32. The van der Waals surface area contributed by atoms with Crippen molar-refractivity contribution in [2.75, 3.05) is 5.32 Å². The first kappa shape index (κ1) is 12.0. The third kappa shape index (κ3) is 2.24. The Bertz CT molecular complexity index is 534. The molecule has 3 rings (SSSR count). The maximum Gasteiger partial charge on any atom is 0.117 e. The van der Waals surface area contributed by atoms with Gasteiger partial charge in [-0.05, 0) is 54.8 Å². The highest BCUT2D eigenvalue weighted by molar-refractivity contribution is 7.11. The summed E-state index contributed by atoms with van der Waals surface area (Å²) in [6.07, 6.45) is 3.97. The normalized spacial score (nSPS) is 28.4. The molecule has 18 heavy (non-hydrogen) atoms. The molecule has 1 heterocycles. The predicted octanol–water partition coefficient (Wildman–Crippen LogP) is 4.53. The van der Waals surface area contributed by atoms with E-state index in [1.165, 1.54) is 29.6 Å². The SMILES string of the molecule is CC1CCC(Nc2snc3ccccc23)C(C)C1. The number of fused-ring (bicyclic) bond motifs is 1. The third-order valence-corrected chi connectivity index (χ3v) is 4.94. The van der Waals surface area contributed by atoms with Crippen molar-refractivity contribution in [1.29, 1.82) is 0 Å². The second kappa shape index (κ2) is 4.88. The van der Waals surface area contributed by atoms with Gasteiger partial charge >= 0.3 is 0 Å². The van der Waals surface area contributed by atoms with Crippen LogP contribution >= 0.6 is 11.5 Å². The molecule has 0 aliphatic heterocycles. The minimum atomic E-state index is 0.616. The molecule has 3 atom stereocenters. The summed E-state index contributed by atoms with van der Waals surface area (Å²) in [5, 5.41) is 6.25. The molecule has 0 saturated heterocycles. The van der Waals surface area contributed by atoms with Crippen molar-refractivity contribution in [2.24, 2.45) is 11.8 Å². The topological polar surface area (TPSA) is 24.9 Å². The summed E-state index contributed by atoms with van der Waals surface area (Å²) >= 11 is 1.60. The molecular weight excluding hydrogens is 240 g/mol. The fraction of sp³-hybridized carbons (Fsp3) is 0.533. The zero-order valence-electron chi connectivity index (χ0n) is 11.0. The highest BCUT2D eigenvalue weighted by atomic mass is 32.1. The quantitative estimate of drug-likeness (QED) is 0.858. The molecule has 3 unspecified atom stereocenters. The lowest BCUT2D eigenvalue weighted by Gasteiger charge is -2.33. The first-order valence-electron chi connectivity index (χ1n) is 6.85. The Labute approximate surface area is 113 Å². The van der Waals surface area contributed by atoms with Gasteiger partial charge in [-0.25, -0.2) is 0 Å². The highest BCUT2D eigenvalue weighted by Gasteiger charge is 2.25. The molecule has 1 fully saturated rings. The van der Waals surface area contributed by atoms with Crippen LogP contribution in [-0.2, 0) is 0 Å². The average Bonchev–Trinajstić information content (AvgIpc) is 2.76. The van der Waals surface area contributed by atoms with Gasteiger partial charge in [-0.15, -0.1) is 0 Å². The van der Waals surface area contributed by atoms with E-state index in [2.05, 4.69) is 47.8 Å². The Kier molecular flexibility index (Phi) is 3.25. The van der Waals surface area contributed by atoms with Crippen molar-refractivity contribution < 1.29 is 0 Å². The number of anilines is 1. The molecule has 0 bridgehead atoms. The van der Waals surface area contributed by atoms with Crippen LogP contribution in [0.5, 0.6) is 0 Å². The van der Waals surface area contributed by atoms with Gasteiger partial charge in [0.2, 0.25) is 0 Å². The smallest absolute Gasteiger partial charge is 0.117 e. The summed E-state index contributed by atoms with van der Waals surface area (Å²) < 4.78 is 4.50. The first-order chi connectivity index (χ1) is 8.74. The number of hydrogen-bond donors (Lipinski definition) is 1. The van der Waals surface area contributed by atoms with Crippen LogP contribution in [0, 0.1) is 11.8 Å². The van der Waals surface area contributed by atoms with Gasteiger partial charge in [-0.1, -0.05) is 26.0 Å². The van der Waals surface area contributed by atoms with Crippen LogP contribution in [0.15, 0.2) is 24.3 Å². The van der Waals surface area contributed by atoms with E-state index in [1.807, 2.05) is 0 Å². The molecule has 0 radical (unpaired) electrons. The Morgan fingerprint density at radius 3 is 2.89 bits per heavy atom. The van der Waals surface area contributed by atoms with E-state index in [0.29, 0.717) is 6.04 Å². The van der Waals surface area contributed by atoms with Gasteiger partial charge in [0.05, 0.1) is 5.52 Å². The highest BCUT2D eigenvalue weighted by Crippen LogP contribution is 2.34. The minimum Gasteiger partial charge on any atom is -0.372 e. The molecule has 1 aliphatic rings. The molecule has 1 aromatic carbocycles. The lowest BCUT2D eigenvalue weighted by atomic mass is 9.80. The van der Waals surface area contributed by atoms with Crippen molar-refractivity contribution in [3.8, 4) is 0 Å². The summed E-state index contributed by atoms with van der Waals surface area (Å²) in [7, 11) is 0. The number of rotatable bonds is 2. The Morgan fingerprint density at radius 2 is 2.06 bits per heavy atom. The zero-order chi connectivity index (χ0) is 12.5. The van der Waals surface area contributed by atoms with Gasteiger partial charge in [0.15, 0.2) is 0 Å². The molecule has 2 nitrogen and oxygen atoms in total. The summed E-state index contributed by atoms with van der Waals surface area (Å²) in [6, 6.07) is 9.01. The van der Waals surface area contributed by atoms with Gasteiger partial charge in [0.25, 0.3) is 0 Å². The molecule has 96 valence electrons. The van der Waals surface area contributed by atoms with E-state index >= 15 is 0 Å². The van der Waals surface area contributed by atoms with E-state index in [-0.39, 0.29) is 0 Å². The standard InChI is InChI=1S/C15H20N2S/c1-10-7-8-13(11(2)9-10)16-15-12-5-3-4-6-14(12)17-18-15/h3-6,10-11,13,16H,7-9H2,1-2H3. The second-order valence-corrected chi connectivity index (χ2v) is 6.45. The second-order valence-electron chi connectivity index (χ2n) is 5.68. The van der Waals surface area contributed by atoms with Crippen LogP contribution < -0.4 is 5.32 Å². The Balaban J connectivity index is 1.80. The van der Waals surface area contributed by atoms with Gasteiger partial charge in [-0.2, -0.15) is 4.37 Å². The van der Waals surface area contributed by atoms with Crippen LogP contribution in [0.3, 0.4) is 0 Å². The van der Waals surface area contributed by atoms with Crippen molar-refractivity contribution in [1.82, 2.24) is 4.37 Å². The molecule has 1 saturated carbocycles. The van der Waals surface area contributed by atoms with E-state index < -0.39 is 0 Å². The molecule has 3 heteroatoms. The summed E-state index contributed by atoms with van der Waals surface area (Å²) in [5.74, 6) is 1.64. The maximum atomic E-state index is 4.50. The summed E-state index contributed by atoms with van der Waals surface area (Å²) in [5.41, 5.74) is 1.11. The Morgan fingerprint density at radius 1 is 1.22 bits per heavy atom. The van der Waals surface area contributed by atoms with Gasteiger partial charge in [-0.3, -0.25) is 0 Å². The number of benzene rings is 1. The largest absolute Gasteiger partial charge is 0.372 e. The van der Waals surface area contributed by atoms with Crippen molar-refractivity contribution in [3.63, 3.8) is 0 Å². The summed E-state index contributed by atoms with van der Waals surface area (Å²) in [4.78, 5) is 0. The van der Waals surface area contributed by atoms with Crippen LogP contribution in [0.1, 0.15) is 33.1 Å². The summed E-state index contributed by atoms with van der Waals surface area (Å²) in [6.45, 7) is 4.74. The third-order valence-electron chi connectivity index (χ3n) is 4.13. The molecule has 1 N–H and O–H groups in total. The van der Waals surface area contributed by atoms with E-state index in [1.54, 1.807) is 11.5 Å². The number of aromatic nitrogens is 1. The number of hydrogen-bond acceptors (Lipinski definition) is 3.